The minimum atomic E-state index is -0.323. The van der Waals surface area contributed by atoms with E-state index in [1.807, 2.05) is 18.2 Å². The summed E-state index contributed by atoms with van der Waals surface area (Å²) in [5.41, 5.74) is 2.64. The maximum Gasteiger partial charge on any atom is 0.291 e. The Morgan fingerprint density at radius 1 is 1.27 bits per heavy atom. The molecule has 0 saturated carbocycles. The lowest BCUT2D eigenvalue weighted by atomic mass is 10.0. The average Bonchev–Trinajstić information content (AvgIpc) is 2.93. The van der Waals surface area contributed by atoms with Gasteiger partial charge >= 0.3 is 0 Å². The van der Waals surface area contributed by atoms with Crippen molar-refractivity contribution in [3.8, 4) is 0 Å². The van der Waals surface area contributed by atoms with Gasteiger partial charge in [-0.25, -0.2) is 0 Å². The van der Waals surface area contributed by atoms with Gasteiger partial charge in [0.2, 0.25) is 5.91 Å². The van der Waals surface area contributed by atoms with Crippen LogP contribution in [-0.4, -0.2) is 18.4 Å². The van der Waals surface area contributed by atoms with Gasteiger partial charge in [-0.15, -0.1) is 0 Å². The lowest BCUT2D eigenvalue weighted by molar-refractivity contribution is -0.116. The van der Waals surface area contributed by atoms with E-state index in [1.165, 1.54) is 0 Å². The van der Waals surface area contributed by atoms with Crippen LogP contribution in [0, 0.1) is 0 Å². The summed E-state index contributed by atoms with van der Waals surface area (Å²) in [7, 11) is 0. The third-order valence-corrected chi connectivity index (χ3v) is 4.07. The molecule has 1 N–H and O–H groups in total. The van der Waals surface area contributed by atoms with Crippen LogP contribution >= 0.6 is 15.9 Å². The van der Waals surface area contributed by atoms with Gasteiger partial charge in [-0.05, 0) is 58.6 Å². The predicted molar refractivity (Wildman–Crippen MR) is 87.2 cm³/mol. The van der Waals surface area contributed by atoms with Crippen LogP contribution < -0.4 is 10.2 Å². The number of amides is 2. The van der Waals surface area contributed by atoms with Crippen molar-refractivity contribution >= 4 is 39.1 Å². The second-order valence-corrected chi connectivity index (χ2v) is 5.96. The number of carbonyl (C=O) groups is 2. The van der Waals surface area contributed by atoms with Crippen molar-refractivity contribution in [2.45, 2.75) is 19.8 Å². The van der Waals surface area contributed by atoms with Crippen molar-refractivity contribution in [1.82, 2.24) is 0 Å². The molecule has 2 heterocycles. The van der Waals surface area contributed by atoms with E-state index in [1.54, 1.807) is 24.0 Å². The predicted octanol–water partition coefficient (Wildman–Crippen LogP) is 3.59. The molecule has 3 rings (SSSR count). The van der Waals surface area contributed by atoms with Crippen LogP contribution in [0.5, 0.6) is 0 Å². The molecular weight excluding hydrogens is 348 g/mol. The Kier molecular flexibility index (Phi) is 4.02. The highest BCUT2D eigenvalue weighted by Gasteiger charge is 2.21. The fourth-order valence-electron chi connectivity index (χ4n) is 2.61. The molecule has 1 aromatic heterocycles. The summed E-state index contributed by atoms with van der Waals surface area (Å²) >= 11 is 3.17. The van der Waals surface area contributed by atoms with Crippen molar-refractivity contribution < 1.29 is 14.0 Å². The highest BCUT2D eigenvalue weighted by molar-refractivity contribution is 9.10. The molecular formula is C16H15BrN2O3. The zero-order chi connectivity index (χ0) is 15.7. The Balaban J connectivity index is 1.85. The quantitative estimate of drug-likeness (QED) is 0.887. The van der Waals surface area contributed by atoms with Gasteiger partial charge in [0.1, 0.15) is 0 Å². The van der Waals surface area contributed by atoms with Crippen LogP contribution in [0.2, 0.25) is 0 Å². The van der Waals surface area contributed by atoms with Crippen LogP contribution in [0.4, 0.5) is 11.4 Å². The number of rotatable bonds is 2. The number of hydrogen-bond acceptors (Lipinski definition) is 3. The van der Waals surface area contributed by atoms with Gasteiger partial charge < -0.3 is 14.6 Å². The molecule has 1 aliphatic rings. The molecule has 1 aliphatic heterocycles. The van der Waals surface area contributed by atoms with Crippen molar-refractivity contribution in [3.05, 3.63) is 46.3 Å². The standard InChI is InChI=1S/C16H15BrN2O3/c1-10(20)19-8-2-3-11-4-5-12(9-13(11)19)18-16(21)14-6-7-15(17)22-14/h4-7,9H,2-3,8H2,1H3,(H,18,21). The van der Waals surface area contributed by atoms with E-state index in [-0.39, 0.29) is 17.6 Å². The van der Waals surface area contributed by atoms with Gasteiger partial charge in [0.15, 0.2) is 10.4 Å². The number of fused-ring (bicyclic) bond motifs is 1. The third-order valence-electron chi connectivity index (χ3n) is 3.64. The van der Waals surface area contributed by atoms with Crippen LogP contribution in [0.3, 0.4) is 0 Å². The molecule has 6 heteroatoms. The molecule has 0 unspecified atom stereocenters. The first kappa shape index (κ1) is 14.8. The molecule has 2 aromatic rings. The Morgan fingerprint density at radius 2 is 2.09 bits per heavy atom. The lowest BCUT2D eigenvalue weighted by Gasteiger charge is -2.29. The van der Waals surface area contributed by atoms with Crippen molar-refractivity contribution in [2.24, 2.45) is 0 Å². The first-order chi connectivity index (χ1) is 10.5. The molecule has 0 spiro atoms. The maximum absolute atomic E-state index is 12.1. The highest BCUT2D eigenvalue weighted by Crippen LogP contribution is 2.30. The number of hydrogen-bond donors (Lipinski definition) is 1. The molecule has 22 heavy (non-hydrogen) atoms. The monoisotopic (exact) mass is 362 g/mol. The number of anilines is 2. The molecule has 0 bridgehead atoms. The molecule has 0 atom stereocenters. The number of furan rings is 1. The van der Waals surface area contributed by atoms with Gasteiger partial charge in [0.25, 0.3) is 5.91 Å². The van der Waals surface area contributed by atoms with Crippen LogP contribution in [-0.2, 0) is 11.2 Å². The largest absolute Gasteiger partial charge is 0.444 e. The average molecular weight is 363 g/mol. The lowest BCUT2D eigenvalue weighted by Crippen LogP contribution is -2.33. The Hall–Kier alpha value is -2.08. The summed E-state index contributed by atoms with van der Waals surface area (Å²) in [5, 5.41) is 2.79. The van der Waals surface area contributed by atoms with Crippen LogP contribution in [0.25, 0.3) is 0 Å². The van der Waals surface area contributed by atoms with E-state index >= 15 is 0 Å². The van der Waals surface area contributed by atoms with E-state index in [2.05, 4.69) is 21.2 Å². The summed E-state index contributed by atoms with van der Waals surface area (Å²) < 4.78 is 5.73. The van der Waals surface area contributed by atoms with Gasteiger partial charge in [-0.1, -0.05) is 6.07 Å². The summed E-state index contributed by atoms with van der Waals surface area (Å²) in [5.74, 6) is -0.0803. The molecule has 114 valence electrons. The van der Waals surface area contributed by atoms with E-state index in [9.17, 15) is 9.59 Å². The molecule has 0 radical (unpaired) electrons. The Bertz CT molecular complexity index is 739. The van der Waals surface area contributed by atoms with Crippen LogP contribution in [0.15, 0.2) is 39.4 Å². The van der Waals surface area contributed by atoms with E-state index in [0.717, 1.165) is 24.1 Å². The van der Waals surface area contributed by atoms with E-state index < -0.39 is 0 Å². The summed E-state index contributed by atoms with van der Waals surface area (Å²) in [6, 6.07) is 8.90. The van der Waals surface area contributed by atoms with Crippen LogP contribution in [0.1, 0.15) is 29.5 Å². The molecule has 0 fully saturated rings. The second-order valence-electron chi connectivity index (χ2n) is 5.18. The molecule has 2 amide bonds. The molecule has 0 aliphatic carbocycles. The Labute approximate surface area is 136 Å². The zero-order valence-electron chi connectivity index (χ0n) is 12.1. The number of nitrogens with zero attached hydrogens (tertiary/aromatic N) is 1. The minimum Gasteiger partial charge on any atom is -0.444 e. The van der Waals surface area contributed by atoms with Gasteiger partial charge in [-0.2, -0.15) is 0 Å². The van der Waals surface area contributed by atoms with Gasteiger partial charge in [0.05, 0.1) is 0 Å². The first-order valence-corrected chi connectivity index (χ1v) is 7.81. The number of halogens is 1. The normalized spacial score (nSPS) is 13.6. The minimum absolute atomic E-state index is 0.0133. The van der Waals surface area contributed by atoms with Crippen molar-refractivity contribution in [3.63, 3.8) is 0 Å². The zero-order valence-corrected chi connectivity index (χ0v) is 13.6. The number of benzene rings is 1. The Morgan fingerprint density at radius 3 is 2.77 bits per heavy atom. The smallest absolute Gasteiger partial charge is 0.291 e. The molecule has 0 saturated heterocycles. The van der Waals surface area contributed by atoms with Crippen molar-refractivity contribution in [1.29, 1.82) is 0 Å². The second kappa shape index (κ2) is 5.96. The fourth-order valence-corrected chi connectivity index (χ4v) is 2.91. The van der Waals surface area contributed by atoms with E-state index in [4.69, 9.17) is 4.42 Å². The number of aryl methyl sites for hydroxylation is 1. The molecule has 1 aromatic carbocycles. The van der Waals surface area contributed by atoms with Crippen molar-refractivity contribution in [2.75, 3.05) is 16.8 Å². The summed E-state index contributed by atoms with van der Waals surface area (Å²) in [6.45, 7) is 2.27. The number of carbonyl (C=O) groups excluding carboxylic acids is 2. The topological polar surface area (TPSA) is 62.6 Å². The fraction of sp³-hybridized carbons (Fsp3) is 0.250. The first-order valence-electron chi connectivity index (χ1n) is 7.02. The molecule has 5 nitrogen and oxygen atoms in total. The highest BCUT2D eigenvalue weighted by atomic mass is 79.9. The maximum atomic E-state index is 12.1. The summed E-state index contributed by atoms with van der Waals surface area (Å²) in [4.78, 5) is 25.6. The van der Waals surface area contributed by atoms with Gasteiger partial charge in [-0.3, -0.25) is 9.59 Å². The van der Waals surface area contributed by atoms with Gasteiger partial charge in [0, 0.05) is 24.8 Å². The summed E-state index contributed by atoms with van der Waals surface area (Å²) in [6.07, 6.45) is 1.90. The SMILES string of the molecule is CC(=O)N1CCCc2ccc(NC(=O)c3ccc(Br)o3)cc21. The number of nitrogens with one attached hydrogen (secondary N) is 1. The van der Waals surface area contributed by atoms with E-state index in [0.29, 0.717) is 16.9 Å². The third kappa shape index (κ3) is 2.92.